The van der Waals surface area contributed by atoms with Gasteiger partial charge in [-0.25, -0.2) is 0 Å². The average molecular weight is 520 g/mol. The molecule has 1 heterocycles. The predicted octanol–water partition coefficient (Wildman–Crippen LogP) is 7.38. The summed E-state index contributed by atoms with van der Waals surface area (Å²) in [5.74, 6) is 3.06. The molecule has 0 bridgehead atoms. The molecule has 1 unspecified atom stereocenters. The lowest BCUT2D eigenvalue weighted by Crippen LogP contribution is -2.05. The summed E-state index contributed by atoms with van der Waals surface area (Å²) in [7, 11) is 0. The summed E-state index contributed by atoms with van der Waals surface area (Å²) in [6, 6.07) is 19.2. The van der Waals surface area contributed by atoms with Gasteiger partial charge in [0.15, 0.2) is 0 Å². The molecule has 1 fully saturated rings. The lowest BCUT2D eigenvalue weighted by atomic mass is 9.90. The Labute approximate surface area is 222 Å². The lowest BCUT2D eigenvalue weighted by molar-refractivity contribution is -0.118. The van der Waals surface area contributed by atoms with Gasteiger partial charge >= 0.3 is 0 Å². The van der Waals surface area contributed by atoms with Crippen molar-refractivity contribution in [1.82, 2.24) is 4.72 Å². The van der Waals surface area contributed by atoms with Crippen LogP contribution in [-0.2, 0) is 11.2 Å². The van der Waals surface area contributed by atoms with Gasteiger partial charge in [-0.1, -0.05) is 30.3 Å². The fourth-order valence-corrected chi connectivity index (χ4v) is 6.59. The molecule has 1 aliphatic carbocycles. The number of benzene rings is 3. The van der Waals surface area contributed by atoms with Crippen LogP contribution in [0.15, 0.2) is 54.6 Å². The molecule has 3 aromatic carbocycles. The Hall–Kier alpha value is -2.57. The van der Waals surface area contributed by atoms with Crippen LogP contribution in [0.5, 0.6) is 11.5 Å². The Morgan fingerprint density at radius 2 is 1.83 bits per heavy atom. The van der Waals surface area contributed by atoms with E-state index in [2.05, 4.69) is 67.3 Å². The third-order valence-corrected chi connectivity index (χ3v) is 8.73. The van der Waals surface area contributed by atoms with E-state index in [1.807, 2.05) is 23.9 Å². The first-order chi connectivity index (χ1) is 17.5. The number of fused-ring (bicyclic) bond motifs is 1. The van der Waals surface area contributed by atoms with E-state index in [-0.39, 0.29) is 17.3 Å². The molecule has 3 aromatic rings. The van der Waals surface area contributed by atoms with Crippen LogP contribution in [0.2, 0.25) is 0 Å². The predicted molar refractivity (Wildman–Crippen MR) is 151 cm³/mol. The highest BCUT2D eigenvalue weighted by atomic mass is 32.2. The maximum absolute atomic E-state index is 11.5. The Bertz CT molecular complexity index is 1220. The Morgan fingerprint density at radius 1 is 1.06 bits per heavy atom. The van der Waals surface area contributed by atoms with Gasteiger partial charge in [-0.05, 0) is 120 Å². The highest BCUT2D eigenvalue weighted by molar-refractivity contribution is 7.98. The number of hydrogen-bond donors (Lipinski definition) is 1. The van der Waals surface area contributed by atoms with Crippen molar-refractivity contribution < 1.29 is 14.3 Å². The van der Waals surface area contributed by atoms with Crippen LogP contribution < -0.4 is 14.2 Å². The summed E-state index contributed by atoms with van der Waals surface area (Å²) in [4.78, 5) is 11.5. The first-order valence-corrected chi connectivity index (χ1v) is 14.9. The summed E-state index contributed by atoms with van der Waals surface area (Å²) in [6.45, 7) is 5.13. The Kier molecular flexibility index (Phi) is 7.82. The summed E-state index contributed by atoms with van der Waals surface area (Å²) in [6.07, 6.45) is 5.76. The van der Waals surface area contributed by atoms with Gasteiger partial charge in [0.25, 0.3) is 0 Å². The minimum absolute atomic E-state index is 0.0505. The molecule has 0 radical (unpaired) electrons. The van der Waals surface area contributed by atoms with E-state index in [0.717, 1.165) is 48.7 Å². The molecule has 0 aromatic heterocycles. The second-order valence-corrected chi connectivity index (χ2v) is 11.5. The molecular weight excluding hydrogens is 486 g/mol. The minimum Gasteiger partial charge on any atom is -0.494 e. The molecular formula is C30H33NO3S2. The van der Waals surface area contributed by atoms with Crippen molar-refractivity contribution in [3.63, 3.8) is 0 Å². The van der Waals surface area contributed by atoms with Crippen LogP contribution in [-0.4, -0.2) is 24.5 Å². The molecule has 5 rings (SSSR count). The first-order valence-electron chi connectivity index (χ1n) is 12.6. The zero-order valence-electron chi connectivity index (χ0n) is 21.1. The SMILES string of the molecule is CSCCCOc1cc(C)c(-c2cccc3c2CC[C@H]3Oc2ccc(C3CC(=O)NS3)cc2)c(C)c1. The second-order valence-electron chi connectivity index (χ2n) is 9.55. The van der Waals surface area contributed by atoms with Crippen molar-refractivity contribution >= 4 is 29.6 Å². The molecule has 1 N–H and O–H groups in total. The fourth-order valence-electron chi connectivity index (χ4n) is 5.30. The van der Waals surface area contributed by atoms with Gasteiger partial charge in [0.05, 0.1) is 11.9 Å². The third kappa shape index (κ3) is 5.40. The maximum Gasteiger partial charge on any atom is 0.231 e. The quantitative estimate of drug-likeness (QED) is 0.236. The molecule has 36 heavy (non-hydrogen) atoms. The molecule has 6 heteroatoms. The second kappa shape index (κ2) is 11.2. The lowest BCUT2D eigenvalue weighted by Gasteiger charge is -2.18. The number of ether oxygens (including phenoxy) is 2. The topological polar surface area (TPSA) is 47.6 Å². The highest BCUT2D eigenvalue weighted by Crippen LogP contribution is 2.43. The first kappa shape index (κ1) is 25.1. The molecule has 4 nitrogen and oxygen atoms in total. The van der Waals surface area contributed by atoms with Crippen LogP contribution >= 0.6 is 23.7 Å². The van der Waals surface area contributed by atoms with Crippen molar-refractivity contribution in [3.8, 4) is 22.6 Å². The molecule has 188 valence electrons. The van der Waals surface area contributed by atoms with Gasteiger partial charge in [-0.2, -0.15) is 11.8 Å². The van der Waals surface area contributed by atoms with E-state index in [0.29, 0.717) is 6.42 Å². The average Bonchev–Trinajstić information content (AvgIpc) is 3.49. The normalized spacial score (nSPS) is 18.7. The molecule has 2 aliphatic rings. The smallest absolute Gasteiger partial charge is 0.231 e. The van der Waals surface area contributed by atoms with Crippen LogP contribution in [0.3, 0.4) is 0 Å². The van der Waals surface area contributed by atoms with Gasteiger partial charge in [0, 0.05) is 6.42 Å². The van der Waals surface area contributed by atoms with Crippen molar-refractivity contribution in [2.24, 2.45) is 0 Å². The van der Waals surface area contributed by atoms with Gasteiger partial charge in [-0.3, -0.25) is 9.52 Å². The van der Waals surface area contributed by atoms with Crippen LogP contribution in [0.4, 0.5) is 0 Å². The van der Waals surface area contributed by atoms with Crippen molar-refractivity contribution in [2.45, 2.75) is 50.9 Å². The summed E-state index contributed by atoms with van der Waals surface area (Å²) in [5.41, 5.74) is 8.96. The van der Waals surface area contributed by atoms with Crippen molar-refractivity contribution in [3.05, 3.63) is 82.4 Å². The van der Waals surface area contributed by atoms with Gasteiger partial charge in [0.2, 0.25) is 5.91 Å². The van der Waals surface area contributed by atoms with E-state index >= 15 is 0 Å². The van der Waals surface area contributed by atoms with E-state index < -0.39 is 0 Å². The Balaban J connectivity index is 1.33. The van der Waals surface area contributed by atoms with Gasteiger partial charge < -0.3 is 9.47 Å². The molecule has 0 spiro atoms. The monoisotopic (exact) mass is 519 g/mol. The molecule has 2 atom stereocenters. The van der Waals surface area contributed by atoms with Crippen LogP contribution in [0, 0.1) is 13.8 Å². The number of hydrogen-bond acceptors (Lipinski definition) is 5. The fraction of sp³-hybridized carbons (Fsp3) is 0.367. The van der Waals surface area contributed by atoms with Crippen molar-refractivity contribution in [2.75, 3.05) is 18.6 Å². The number of carbonyl (C=O) groups excluding carboxylic acids is 1. The highest BCUT2D eigenvalue weighted by Gasteiger charge is 2.28. The zero-order valence-corrected chi connectivity index (χ0v) is 22.8. The summed E-state index contributed by atoms with van der Waals surface area (Å²) < 4.78 is 15.3. The van der Waals surface area contributed by atoms with E-state index in [1.54, 1.807) is 0 Å². The third-order valence-electron chi connectivity index (χ3n) is 6.97. The number of thioether (sulfide) groups is 1. The summed E-state index contributed by atoms with van der Waals surface area (Å²) in [5, 5.41) is 0.180. The number of aryl methyl sites for hydroxylation is 2. The van der Waals surface area contributed by atoms with E-state index in [4.69, 9.17) is 9.47 Å². The molecule has 1 amide bonds. The molecule has 0 saturated carbocycles. The molecule has 1 saturated heterocycles. The standard InChI is InChI=1S/C30H33NO3S2/c1-19-16-23(33-14-5-15-35-3)17-20(2)30(19)26-7-4-6-25-24(26)12-13-27(25)34-22-10-8-21(9-11-22)28-18-29(32)31-36-28/h4,6-11,16-17,27-28H,5,12-15,18H2,1-3H3,(H,31,32)/t27-,28?/m1/s1. The zero-order chi connectivity index (χ0) is 25.1. The number of carbonyl (C=O) groups is 1. The van der Waals surface area contributed by atoms with E-state index in [9.17, 15) is 4.79 Å². The van der Waals surface area contributed by atoms with Gasteiger partial charge in [0.1, 0.15) is 17.6 Å². The number of rotatable bonds is 9. The number of nitrogens with one attached hydrogen (secondary N) is 1. The number of amides is 1. The van der Waals surface area contributed by atoms with Crippen molar-refractivity contribution in [1.29, 1.82) is 0 Å². The van der Waals surface area contributed by atoms with Crippen LogP contribution in [0.1, 0.15) is 58.4 Å². The summed E-state index contributed by atoms with van der Waals surface area (Å²) >= 11 is 3.35. The maximum atomic E-state index is 11.5. The van der Waals surface area contributed by atoms with Crippen LogP contribution in [0.25, 0.3) is 11.1 Å². The Morgan fingerprint density at radius 3 is 2.53 bits per heavy atom. The van der Waals surface area contributed by atoms with Gasteiger partial charge in [-0.15, -0.1) is 0 Å². The largest absolute Gasteiger partial charge is 0.494 e. The minimum atomic E-state index is 0.0505. The molecule has 1 aliphatic heterocycles. The van der Waals surface area contributed by atoms with E-state index in [1.165, 1.54) is 45.3 Å².